The molecule has 0 amide bonds. The number of hydrogen-bond donors (Lipinski definition) is 2. The summed E-state index contributed by atoms with van der Waals surface area (Å²) in [7, 11) is 0. The first-order chi connectivity index (χ1) is 9.02. The van der Waals surface area contributed by atoms with Gasteiger partial charge in [-0.2, -0.15) is 0 Å². The highest BCUT2D eigenvalue weighted by molar-refractivity contribution is 5.49. The first-order valence-corrected chi connectivity index (χ1v) is 6.92. The summed E-state index contributed by atoms with van der Waals surface area (Å²) in [4.78, 5) is 11.0. The molecule has 1 aliphatic heterocycles. The van der Waals surface area contributed by atoms with Gasteiger partial charge >= 0.3 is 0 Å². The van der Waals surface area contributed by atoms with Crippen molar-refractivity contribution in [3.05, 3.63) is 17.7 Å². The van der Waals surface area contributed by atoms with Gasteiger partial charge in [0.15, 0.2) is 0 Å². The number of aliphatic hydroxyl groups excluding tert-OH is 2. The zero-order valence-electron chi connectivity index (χ0n) is 11.9. The Kier molecular flexibility index (Phi) is 4.37. The van der Waals surface area contributed by atoms with Crippen molar-refractivity contribution in [2.24, 2.45) is 5.92 Å². The van der Waals surface area contributed by atoms with Gasteiger partial charge < -0.3 is 15.1 Å². The van der Waals surface area contributed by atoms with E-state index in [1.54, 1.807) is 6.20 Å². The van der Waals surface area contributed by atoms with E-state index >= 15 is 0 Å². The third-order valence-corrected chi connectivity index (χ3v) is 3.73. The second kappa shape index (κ2) is 5.84. The fraction of sp³-hybridized carbons (Fsp3) is 0.714. The van der Waals surface area contributed by atoms with Crippen LogP contribution in [0.1, 0.15) is 44.6 Å². The van der Waals surface area contributed by atoms with E-state index in [4.69, 9.17) is 0 Å². The number of piperidine rings is 1. The van der Waals surface area contributed by atoms with Gasteiger partial charge in [-0.05, 0) is 12.3 Å². The lowest BCUT2D eigenvalue weighted by Crippen LogP contribution is -2.42. The summed E-state index contributed by atoms with van der Waals surface area (Å²) in [5.41, 5.74) is 1.58. The Morgan fingerprint density at radius 3 is 2.79 bits per heavy atom. The number of anilines is 1. The second-order valence-corrected chi connectivity index (χ2v) is 5.65. The summed E-state index contributed by atoms with van der Waals surface area (Å²) in [5.74, 6) is 1.24. The molecule has 19 heavy (non-hydrogen) atoms. The smallest absolute Gasteiger partial charge is 0.131 e. The summed E-state index contributed by atoms with van der Waals surface area (Å²) in [6.45, 7) is 7.59. The van der Waals surface area contributed by atoms with E-state index in [9.17, 15) is 10.2 Å². The monoisotopic (exact) mass is 265 g/mol. The molecule has 1 aromatic rings. The van der Waals surface area contributed by atoms with Gasteiger partial charge in [-0.3, -0.25) is 0 Å². The highest BCUT2D eigenvalue weighted by atomic mass is 16.3. The number of rotatable bonds is 3. The predicted octanol–water partition coefficient (Wildman–Crippen LogP) is 1.30. The maximum atomic E-state index is 9.78. The molecule has 2 rings (SSSR count). The first kappa shape index (κ1) is 14.2. The van der Waals surface area contributed by atoms with Crippen LogP contribution in [0.15, 0.2) is 6.20 Å². The lowest BCUT2D eigenvalue weighted by Gasteiger charge is -2.36. The van der Waals surface area contributed by atoms with Gasteiger partial charge in [0, 0.05) is 19.0 Å². The van der Waals surface area contributed by atoms with E-state index in [0.717, 1.165) is 31.0 Å². The maximum Gasteiger partial charge on any atom is 0.131 e. The molecule has 0 saturated carbocycles. The van der Waals surface area contributed by atoms with E-state index in [2.05, 4.69) is 14.9 Å². The minimum absolute atomic E-state index is 0.0784. The Hall–Kier alpha value is -1.20. The SMILES string of the molecule is CC(C)c1ncc(N2CCC(O)C(C)C2)c(CO)n1. The molecule has 5 nitrogen and oxygen atoms in total. The predicted molar refractivity (Wildman–Crippen MR) is 74.0 cm³/mol. The first-order valence-electron chi connectivity index (χ1n) is 6.92. The minimum Gasteiger partial charge on any atom is -0.393 e. The molecular formula is C14H23N3O2. The van der Waals surface area contributed by atoms with Gasteiger partial charge in [0.05, 0.1) is 30.3 Å². The minimum atomic E-state index is -0.232. The molecule has 5 heteroatoms. The van der Waals surface area contributed by atoms with Crippen LogP contribution in [0.25, 0.3) is 0 Å². The number of hydrogen-bond acceptors (Lipinski definition) is 5. The third-order valence-electron chi connectivity index (χ3n) is 3.73. The molecule has 2 atom stereocenters. The molecule has 1 saturated heterocycles. The summed E-state index contributed by atoms with van der Waals surface area (Å²) in [6.07, 6.45) is 2.32. The molecule has 106 valence electrons. The van der Waals surface area contributed by atoms with Crippen LogP contribution in [0.3, 0.4) is 0 Å². The molecule has 0 aromatic carbocycles. The van der Waals surface area contributed by atoms with Gasteiger partial charge in [0.2, 0.25) is 0 Å². The van der Waals surface area contributed by atoms with Crippen LogP contribution in [0, 0.1) is 5.92 Å². The van der Waals surface area contributed by atoms with Gasteiger partial charge in [-0.1, -0.05) is 20.8 Å². The topological polar surface area (TPSA) is 69.5 Å². The Labute approximate surface area is 114 Å². The standard InChI is InChI=1S/C14H23N3O2/c1-9(2)14-15-6-12(11(8-18)16-14)17-5-4-13(19)10(3)7-17/h6,9-10,13,18-19H,4-5,7-8H2,1-3H3. The van der Waals surface area contributed by atoms with E-state index in [1.165, 1.54) is 0 Å². The number of aromatic nitrogens is 2. The third kappa shape index (κ3) is 3.04. The van der Waals surface area contributed by atoms with Crippen LogP contribution in [0.4, 0.5) is 5.69 Å². The molecule has 1 fully saturated rings. The molecule has 0 radical (unpaired) electrons. The summed E-state index contributed by atoms with van der Waals surface area (Å²) in [6, 6.07) is 0. The molecule has 2 heterocycles. The van der Waals surface area contributed by atoms with Crippen molar-refractivity contribution in [2.75, 3.05) is 18.0 Å². The average molecular weight is 265 g/mol. The van der Waals surface area contributed by atoms with Crippen molar-refractivity contribution in [3.8, 4) is 0 Å². The van der Waals surface area contributed by atoms with Gasteiger partial charge in [0.25, 0.3) is 0 Å². The van der Waals surface area contributed by atoms with Crippen molar-refractivity contribution >= 4 is 5.69 Å². The lowest BCUT2D eigenvalue weighted by atomic mass is 9.96. The second-order valence-electron chi connectivity index (χ2n) is 5.65. The molecular weight excluding hydrogens is 242 g/mol. The molecule has 2 N–H and O–H groups in total. The molecule has 1 aromatic heterocycles. The Balaban J connectivity index is 2.24. The molecule has 2 unspecified atom stereocenters. The van der Waals surface area contributed by atoms with Crippen molar-refractivity contribution < 1.29 is 10.2 Å². The number of aliphatic hydroxyl groups is 2. The molecule has 0 spiro atoms. The number of nitrogens with zero attached hydrogens (tertiary/aromatic N) is 3. The van der Waals surface area contributed by atoms with Gasteiger partial charge in [-0.25, -0.2) is 9.97 Å². The van der Waals surface area contributed by atoms with Crippen LogP contribution in [0.5, 0.6) is 0 Å². The van der Waals surface area contributed by atoms with Crippen LogP contribution in [-0.4, -0.2) is 39.4 Å². The van der Waals surface area contributed by atoms with E-state index < -0.39 is 0 Å². The highest BCUT2D eigenvalue weighted by Crippen LogP contribution is 2.26. The van der Waals surface area contributed by atoms with Crippen molar-refractivity contribution in [1.29, 1.82) is 0 Å². The summed E-state index contributed by atoms with van der Waals surface area (Å²) in [5, 5.41) is 19.3. The molecule has 0 aliphatic carbocycles. The fourth-order valence-electron chi connectivity index (χ4n) is 2.44. The van der Waals surface area contributed by atoms with Crippen molar-refractivity contribution in [1.82, 2.24) is 9.97 Å². The maximum absolute atomic E-state index is 9.78. The van der Waals surface area contributed by atoms with Gasteiger partial charge in [0.1, 0.15) is 5.82 Å². The Morgan fingerprint density at radius 2 is 2.21 bits per heavy atom. The average Bonchev–Trinajstić information content (AvgIpc) is 2.41. The van der Waals surface area contributed by atoms with Gasteiger partial charge in [-0.15, -0.1) is 0 Å². The van der Waals surface area contributed by atoms with E-state index in [-0.39, 0.29) is 24.5 Å². The van der Waals surface area contributed by atoms with Crippen molar-refractivity contribution in [3.63, 3.8) is 0 Å². The zero-order valence-corrected chi connectivity index (χ0v) is 11.9. The van der Waals surface area contributed by atoms with E-state index in [1.807, 2.05) is 20.8 Å². The Morgan fingerprint density at radius 1 is 1.47 bits per heavy atom. The largest absolute Gasteiger partial charge is 0.393 e. The van der Waals surface area contributed by atoms with Crippen molar-refractivity contribution in [2.45, 2.75) is 45.8 Å². The summed E-state index contributed by atoms with van der Waals surface area (Å²) < 4.78 is 0. The van der Waals surface area contributed by atoms with E-state index in [0.29, 0.717) is 5.69 Å². The van der Waals surface area contributed by atoms with Crippen LogP contribution in [0.2, 0.25) is 0 Å². The highest BCUT2D eigenvalue weighted by Gasteiger charge is 2.26. The normalized spacial score (nSPS) is 24.0. The van der Waals surface area contributed by atoms with Crippen LogP contribution in [-0.2, 0) is 6.61 Å². The zero-order chi connectivity index (χ0) is 14.0. The molecule has 1 aliphatic rings. The quantitative estimate of drug-likeness (QED) is 0.862. The van der Waals surface area contributed by atoms with Crippen LogP contribution < -0.4 is 4.90 Å². The van der Waals surface area contributed by atoms with Crippen LogP contribution >= 0.6 is 0 Å². The fourth-order valence-corrected chi connectivity index (χ4v) is 2.44. The molecule has 0 bridgehead atoms. The summed E-state index contributed by atoms with van der Waals surface area (Å²) >= 11 is 0. The lowest BCUT2D eigenvalue weighted by molar-refractivity contribution is 0.0969. The Bertz CT molecular complexity index is 437.